The third kappa shape index (κ3) is 4.77. The molecule has 1 aromatic heterocycles. The highest BCUT2D eigenvalue weighted by Gasteiger charge is 2.19. The fraction of sp³-hybridized carbons (Fsp3) is 0.286. The smallest absolute Gasteiger partial charge is 0.277 e. The maximum atomic E-state index is 12.5. The average Bonchev–Trinajstić information content (AvgIpc) is 3.05. The van der Waals surface area contributed by atoms with E-state index in [9.17, 15) is 4.79 Å². The van der Waals surface area contributed by atoms with Crippen LogP contribution in [0.25, 0.3) is 11.5 Å². The van der Waals surface area contributed by atoms with Crippen molar-refractivity contribution in [1.82, 2.24) is 10.2 Å². The van der Waals surface area contributed by atoms with E-state index in [1.54, 1.807) is 0 Å². The fourth-order valence-electron chi connectivity index (χ4n) is 2.87. The molecule has 1 N–H and O–H groups in total. The second-order valence-corrected chi connectivity index (χ2v) is 8.11. The van der Waals surface area contributed by atoms with E-state index in [2.05, 4.69) is 21.6 Å². The highest BCUT2D eigenvalue weighted by Crippen LogP contribution is 2.28. The molecule has 0 aliphatic carbocycles. The molecular weight excluding hydrogens is 358 g/mol. The van der Waals surface area contributed by atoms with Crippen LogP contribution in [0.3, 0.4) is 0 Å². The maximum Gasteiger partial charge on any atom is 0.277 e. The van der Waals surface area contributed by atoms with Crippen molar-refractivity contribution in [3.05, 3.63) is 58.7 Å². The summed E-state index contributed by atoms with van der Waals surface area (Å²) in [4.78, 5) is 12.5. The van der Waals surface area contributed by atoms with E-state index in [-0.39, 0.29) is 11.2 Å². The van der Waals surface area contributed by atoms with Gasteiger partial charge in [0.25, 0.3) is 5.22 Å². The van der Waals surface area contributed by atoms with Crippen LogP contribution in [0.2, 0.25) is 0 Å². The molecule has 0 aliphatic rings. The third-order valence-corrected chi connectivity index (χ3v) is 5.10. The lowest BCUT2D eigenvalue weighted by molar-refractivity contribution is -0.115. The number of amides is 1. The molecule has 2 aromatic carbocycles. The number of carbonyl (C=O) groups is 1. The van der Waals surface area contributed by atoms with Crippen LogP contribution in [0.5, 0.6) is 0 Å². The first kappa shape index (κ1) is 19.2. The summed E-state index contributed by atoms with van der Waals surface area (Å²) < 4.78 is 5.75. The summed E-state index contributed by atoms with van der Waals surface area (Å²) in [5.74, 6) is 0.365. The van der Waals surface area contributed by atoms with Crippen molar-refractivity contribution in [2.24, 2.45) is 0 Å². The quantitative estimate of drug-likeness (QED) is 0.624. The Labute approximate surface area is 163 Å². The molecule has 3 rings (SSSR count). The van der Waals surface area contributed by atoms with Crippen molar-refractivity contribution >= 4 is 23.4 Å². The van der Waals surface area contributed by atoms with E-state index in [1.807, 2.05) is 65.0 Å². The monoisotopic (exact) mass is 381 g/mol. The lowest BCUT2D eigenvalue weighted by atomic mass is 10.1. The molecule has 1 atom stereocenters. The lowest BCUT2D eigenvalue weighted by Crippen LogP contribution is -2.22. The van der Waals surface area contributed by atoms with Gasteiger partial charge in [-0.2, -0.15) is 0 Å². The van der Waals surface area contributed by atoms with Gasteiger partial charge in [0, 0.05) is 11.3 Å². The normalized spacial score (nSPS) is 12.0. The number of anilines is 1. The van der Waals surface area contributed by atoms with Crippen LogP contribution in [-0.2, 0) is 4.79 Å². The molecule has 0 spiro atoms. The molecule has 1 heterocycles. The van der Waals surface area contributed by atoms with Crippen molar-refractivity contribution < 1.29 is 9.21 Å². The Bertz CT molecular complexity index is 961. The number of thioether (sulfide) groups is 1. The first-order valence-corrected chi connectivity index (χ1v) is 9.67. The van der Waals surface area contributed by atoms with Crippen LogP contribution in [-0.4, -0.2) is 21.4 Å². The Hall–Kier alpha value is -2.60. The SMILES string of the molecule is Cc1cc(C)cc(-c2nnc(SC(C)C(=O)Nc3ccc(C)cc3C)o2)c1. The number of hydrogen-bond donors (Lipinski definition) is 1. The van der Waals surface area contributed by atoms with Gasteiger partial charge in [-0.25, -0.2) is 0 Å². The van der Waals surface area contributed by atoms with Crippen molar-refractivity contribution in [2.75, 3.05) is 5.32 Å². The number of nitrogens with one attached hydrogen (secondary N) is 1. The molecular formula is C21H23N3O2S. The van der Waals surface area contributed by atoms with E-state index < -0.39 is 0 Å². The van der Waals surface area contributed by atoms with Crippen molar-refractivity contribution in [3.8, 4) is 11.5 Å². The van der Waals surface area contributed by atoms with Crippen molar-refractivity contribution in [2.45, 2.75) is 45.1 Å². The zero-order valence-corrected chi connectivity index (χ0v) is 17.0. The Kier molecular flexibility index (Phi) is 5.65. The lowest BCUT2D eigenvalue weighted by Gasteiger charge is -2.12. The van der Waals surface area contributed by atoms with Crippen LogP contribution < -0.4 is 5.32 Å². The summed E-state index contributed by atoms with van der Waals surface area (Å²) in [6.07, 6.45) is 0. The van der Waals surface area contributed by atoms with Gasteiger partial charge in [-0.1, -0.05) is 46.7 Å². The molecule has 0 fully saturated rings. The molecule has 0 saturated heterocycles. The van der Waals surface area contributed by atoms with Gasteiger partial charge in [0.05, 0.1) is 5.25 Å². The number of benzene rings is 2. The van der Waals surface area contributed by atoms with Gasteiger partial charge >= 0.3 is 0 Å². The van der Waals surface area contributed by atoms with Gasteiger partial charge in [0.2, 0.25) is 11.8 Å². The minimum atomic E-state index is -0.363. The third-order valence-electron chi connectivity index (χ3n) is 4.16. The standard InChI is InChI=1S/C21H23N3O2S/c1-12-6-7-18(15(4)9-12)22-19(25)16(5)27-21-24-23-20(26-21)17-10-13(2)8-14(3)11-17/h6-11,16H,1-5H3,(H,22,25). The number of aromatic nitrogens is 2. The fourth-order valence-corrected chi connectivity index (χ4v) is 3.55. The van der Waals surface area contributed by atoms with Gasteiger partial charge in [-0.3, -0.25) is 4.79 Å². The van der Waals surface area contributed by atoms with Crippen molar-refractivity contribution in [1.29, 1.82) is 0 Å². The van der Waals surface area contributed by atoms with Crippen molar-refractivity contribution in [3.63, 3.8) is 0 Å². The van der Waals surface area contributed by atoms with E-state index in [1.165, 1.54) is 11.8 Å². The largest absolute Gasteiger partial charge is 0.411 e. The predicted octanol–water partition coefficient (Wildman–Crippen LogP) is 5.09. The van der Waals surface area contributed by atoms with E-state index in [0.717, 1.165) is 33.5 Å². The topological polar surface area (TPSA) is 68.0 Å². The van der Waals surface area contributed by atoms with Gasteiger partial charge in [-0.05, 0) is 58.4 Å². The molecule has 0 saturated carbocycles. The second-order valence-electron chi connectivity index (χ2n) is 6.82. The summed E-state index contributed by atoms with van der Waals surface area (Å²) in [5, 5.41) is 11.2. The summed E-state index contributed by atoms with van der Waals surface area (Å²) in [7, 11) is 0. The van der Waals surface area contributed by atoms with Gasteiger partial charge < -0.3 is 9.73 Å². The maximum absolute atomic E-state index is 12.5. The van der Waals surface area contributed by atoms with E-state index in [0.29, 0.717) is 11.1 Å². The minimum Gasteiger partial charge on any atom is -0.411 e. The number of hydrogen-bond acceptors (Lipinski definition) is 5. The number of rotatable bonds is 5. The molecule has 0 radical (unpaired) electrons. The van der Waals surface area contributed by atoms with Crippen LogP contribution in [0, 0.1) is 27.7 Å². The van der Waals surface area contributed by atoms with Crippen LogP contribution in [0.4, 0.5) is 5.69 Å². The molecule has 140 valence electrons. The first-order valence-electron chi connectivity index (χ1n) is 8.79. The Morgan fingerprint density at radius 3 is 2.37 bits per heavy atom. The highest BCUT2D eigenvalue weighted by molar-refractivity contribution is 8.00. The minimum absolute atomic E-state index is 0.0990. The number of carbonyl (C=O) groups excluding carboxylic acids is 1. The van der Waals surface area contributed by atoms with Gasteiger partial charge in [0.15, 0.2) is 0 Å². The second kappa shape index (κ2) is 7.96. The van der Waals surface area contributed by atoms with E-state index in [4.69, 9.17) is 4.42 Å². The molecule has 0 aliphatic heterocycles. The first-order chi connectivity index (χ1) is 12.8. The summed E-state index contributed by atoms with van der Waals surface area (Å²) in [6, 6.07) is 12.0. The summed E-state index contributed by atoms with van der Waals surface area (Å²) in [6.45, 7) is 9.89. The zero-order valence-electron chi connectivity index (χ0n) is 16.2. The van der Waals surface area contributed by atoms with Gasteiger partial charge in [0.1, 0.15) is 0 Å². The molecule has 3 aromatic rings. The summed E-state index contributed by atoms with van der Waals surface area (Å²) in [5.41, 5.74) is 6.18. The summed E-state index contributed by atoms with van der Waals surface area (Å²) >= 11 is 1.25. The zero-order chi connectivity index (χ0) is 19.6. The highest BCUT2D eigenvalue weighted by atomic mass is 32.2. The molecule has 5 nitrogen and oxygen atoms in total. The van der Waals surface area contributed by atoms with Crippen LogP contribution >= 0.6 is 11.8 Å². The molecule has 27 heavy (non-hydrogen) atoms. The van der Waals surface area contributed by atoms with Gasteiger partial charge in [-0.15, -0.1) is 10.2 Å². The van der Waals surface area contributed by atoms with Crippen LogP contribution in [0.15, 0.2) is 46.0 Å². The van der Waals surface area contributed by atoms with Crippen LogP contribution in [0.1, 0.15) is 29.2 Å². The molecule has 1 amide bonds. The predicted molar refractivity (Wildman–Crippen MR) is 109 cm³/mol. The number of aryl methyl sites for hydroxylation is 4. The number of nitrogens with zero attached hydrogens (tertiary/aromatic N) is 2. The molecule has 0 bridgehead atoms. The molecule has 1 unspecified atom stereocenters. The Morgan fingerprint density at radius 2 is 1.70 bits per heavy atom. The Morgan fingerprint density at radius 1 is 1.00 bits per heavy atom. The molecule has 6 heteroatoms. The average molecular weight is 382 g/mol. The van der Waals surface area contributed by atoms with E-state index >= 15 is 0 Å². The Balaban J connectivity index is 1.68.